The molecule has 19 heavy (non-hydrogen) atoms. The fourth-order valence-electron chi connectivity index (χ4n) is 2.95. The van der Waals surface area contributed by atoms with E-state index in [9.17, 15) is 0 Å². The zero-order valence-electron chi connectivity index (χ0n) is 12.8. The van der Waals surface area contributed by atoms with Crippen molar-refractivity contribution >= 4 is 0 Å². The fourth-order valence-corrected chi connectivity index (χ4v) is 2.95. The SMILES string of the molecule is CCCCCCCCC(CCCC1CCCO1)NN. The highest BCUT2D eigenvalue weighted by Crippen LogP contribution is 2.19. The van der Waals surface area contributed by atoms with Crippen LogP contribution in [0.1, 0.15) is 84.0 Å². The van der Waals surface area contributed by atoms with Crippen LogP contribution in [0, 0.1) is 0 Å². The van der Waals surface area contributed by atoms with Crippen LogP contribution in [0.5, 0.6) is 0 Å². The van der Waals surface area contributed by atoms with Crippen LogP contribution < -0.4 is 11.3 Å². The van der Waals surface area contributed by atoms with Crippen LogP contribution in [-0.4, -0.2) is 18.8 Å². The number of hydrogen-bond acceptors (Lipinski definition) is 3. The molecular weight excluding hydrogens is 236 g/mol. The van der Waals surface area contributed by atoms with E-state index in [1.54, 1.807) is 0 Å². The smallest absolute Gasteiger partial charge is 0.0576 e. The zero-order valence-corrected chi connectivity index (χ0v) is 12.8. The largest absolute Gasteiger partial charge is 0.378 e. The first-order chi connectivity index (χ1) is 9.36. The molecule has 2 unspecified atom stereocenters. The molecule has 2 atom stereocenters. The van der Waals surface area contributed by atoms with Crippen molar-refractivity contribution in [1.29, 1.82) is 0 Å². The molecule has 1 aliphatic heterocycles. The highest BCUT2D eigenvalue weighted by Gasteiger charge is 2.15. The maximum absolute atomic E-state index is 5.65. The molecule has 114 valence electrons. The Labute approximate surface area is 119 Å². The Morgan fingerprint density at radius 3 is 2.53 bits per heavy atom. The standard InChI is InChI=1S/C16H34N2O/c1-2-3-4-5-6-7-10-15(18-17)11-8-12-16-13-9-14-19-16/h15-16,18H,2-14,17H2,1H3. The van der Waals surface area contributed by atoms with Crippen LogP contribution in [-0.2, 0) is 4.74 Å². The van der Waals surface area contributed by atoms with E-state index in [-0.39, 0.29) is 0 Å². The van der Waals surface area contributed by atoms with E-state index in [0.29, 0.717) is 12.1 Å². The Bertz CT molecular complexity index is 193. The third-order valence-corrected chi connectivity index (χ3v) is 4.24. The van der Waals surface area contributed by atoms with Gasteiger partial charge in [-0.15, -0.1) is 0 Å². The van der Waals surface area contributed by atoms with Gasteiger partial charge in [0.1, 0.15) is 0 Å². The number of nitrogens with two attached hydrogens (primary N) is 1. The Hall–Kier alpha value is -0.120. The second-order valence-electron chi connectivity index (χ2n) is 5.99. The summed E-state index contributed by atoms with van der Waals surface area (Å²) < 4.78 is 5.65. The summed E-state index contributed by atoms with van der Waals surface area (Å²) in [6, 6.07) is 0.507. The molecule has 0 saturated carbocycles. The molecule has 0 bridgehead atoms. The normalized spacial score (nSPS) is 20.8. The van der Waals surface area contributed by atoms with E-state index >= 15 is 0 Å². The average molecular weight is 270 g/mol. The quantitative estimate of drug-likeness (QED) is 0.321. The first-order valence-electron chi connectivity index (χ1n) is 8.44. The van der Waals surface area contributed by atoms with Gasteiger partial charge >= 0.3 is 0 Å². The molecule has 3 nitrogen and oxygen atoms in total. The van der Waals surface area contributed by atoms with Crippen molar-refractivity contribution in [2.75, 3.05) is 6.61 Å². The second kappa shape index (κ2) is 11.7. The van der Waals surface area contributed by atoms with E-state index < -0.39 is 0 Å². The molecule has 1 rings (SSSR count). The van der Waals surface area contributed by atoms with Gasteiger partial charge in [-0.3, -0.25) is 11.3 Å². The zero-order chi connectivity index (χ0) is 13.8. The molecule has 1 heterocycles. The van der Waals surface area contributed by atoms with Gasteiger partial charge in [0.2, 0.25) is 0 Å². The predicted octanol–water partition coefficient (Wildman–Crippen LogP) is 3.92. The van der Waals surface area contributed by atoms with E-state index in [4.69, 9.17) is 10.6 Å². The minimum Gasteiger partial charge on any atom is -0.378 e. The maximum Gasteiger partial charge on any atom is 0.0576 e. The molecule has 1 saturated heterocycles. The van der Waals surface area contributed by atoms with Gasteiger partial charge in [-0.2, -0.15) is 0 Å². The number of hydrazine groups is 1. The molecular formula is C16H34N2O. The molecule has 0 aliphatic carbocycles. The summed E-state index contributed by atoms with van der Waals surface area (Å²) in [5.74, 6) is 5.65. The molecule has 3 heteroatoms. The molecule has 3 N–H and O–H groups in total. The summed E-state index contributed by atoms with van der Waals surface area (Å²) in [6.07, 6.45) is 16.1. The Morgan fingerprint density at radius 1 is 1.11 bits per heavy atom. The van der Waals surface area contributed by atoms with Crippen molar-refractivity contribution in [1.82, 2.24) is 5.43 Å². The van der Waals surface area contributed by atoms with E-state index in [2.05, 4.69) is 12.3 Å². The van der Waals surface area contributed by atoms with Crippen LogP contribution in [0.15, 0.2) is 0 Å². The summed E-state index contributed by atoms with van der Waals surface area (Å²) in [7, 11) is 0. The monoisotopic (exact) mass is 270 g/mol. The highest BCUT2D eigenvalue weighted by atomic mass is 16.5. The van der Waals surface area contributed by atoms with Gasteiger partial charge in [0.15, 0.2) is 0 Å². The third kappa shape index (κ3) is 8.61. The van der Waals surface area contributed by atoms with Crippen LogP contribution in [0.4, 0.5) is 0 Å². The molecule has 0 aromatic rings. The third-order valence-electron chi connectivity index (χ3n) is 4.24. The van der Waals surface area contributed by atoms with Gasteiger partial charge in [0.25, 0.3) is 0 Å². The lowest BCUT2D eigenvalue weighted by atomic mass is 10.0. The van der Waals surface area contributed by atoms with Crippen LogP contribution in [0.3, 0.4) is 0 Å². The number of nitrogens with one attached hydrogen (secondary N) is 1. The lowest BCUT2D eigenvalue weighted by Gasteiger charge is -2.17. The van der Waals surface area contributed by atoms with E-state index in [1.165, 1.54) is 77.0 Å². The Balaban J connectivity index is 1.92. The number of rotatable bonds is 12. The van der Waals surface area contributed by atoms with Crippen LogP contribution in [0.2, 0.25) is 0 Å². The van der Waals surface area contributed by atoms with Crippen molar-refractivity contribution in [2.45, 2.75) is 96.1 Å². The first-order valence-corrected chi connectivity index (χ1v) is 8.44. The average Bonchev–Trinajstić information content (AvgIpc) is 2.93. The Kier molecular flexibility index (Phi) is 10.4. The molecule has 1 fully saturated rings. The highest BCUT2D eigenvalue weighted by molar-refractivity contribution is 4.69. The number of hydrogen-bond donors (Lipinski definition) is 2. The van der Waals surface area contributed by atoms with Gasteiger partial charge < -0.3 is 4.74 Å². The fraction of sp³-hybridized carbons (Fsp3) is 1.00. The van der Waals surface area contributed by atoms with Gasteiger partial charge in [-0.1, -0.05) is 45.4 Å². The van der Waals surface area contributed by atoms with Gasteiger partial charge in [-0.25, -0.2) is 0 Å². The van der Waals surface area contributed by atoms with Crippen molar-refractivity contribution in [3.63, 3.8) is 0 Å². The van der Waals surface area contributed by atoms with Crippen molar-refractivity contribution in [3.05, 3.63) is 0 Å². The second-order valence-corrected chi connectivity index (χ2v) is 5.99. The Morgan fingerprint density at radius 2 is 1.84 bits per heavy atom. The summed E-state index contributed by atoms with van der Waals surface area (Å²) in [5.41, 5.74) is 2.99. The number of ether oxygens (including phenoxy) is 1. The minimum absolute atomic E-state index is 0.507. The lowest BCUT2D eigenvalue weighted by Crippen LogP contribution is -2.35. The van der Waals surface area contributed by atoms with Crippen molar-refractivity contribution in [3.8, 4) is 0 Å². The molecule has 0 radical (unpaired) electrons. The van der Waals surface area contributed by atoms with Crippen molar-refractivity contribution < 1.29 is 4.74 Å². The predicted molar refractivity (Wildman–Crippen MR) is 81.9 cm³/mol. The summed E-state index contributed by atoms with van der Waals surface area (Å²) in [4.78, 5) is 0. The van der Waals surface area contributed by atoms with Crippen molar-refractivity contribution in [2.24, 2.45) is 5.84 Å². The topological polar surface area (TPSA) is 47.3 Å². The van der Waals surface area contributed by atoms with E-state index in [1.807, 2.05) is 0 Å². The van der Waals surface area contributed by atoms with Gasteiger partial charge in [0.05, 0.1) is 6.10 Å². The van der Waals surface area contributed by atoms with Gasteiger partial charge in [-0.05, 0) is 38.5 Å². The lowest BCUT2D eigenvalue weighted by molar-refractivity contribution is 0.101. The maximum atomic E-state index is 5.65. The molecule has 1 aliphatic rings. The molecule has 0 aromatic heterocycles. The van der Waals surface area contributed by atoms with Gasteiger partial charge in [0, 0.05) is 12.6 Å². The first kappa shape index (κ1) is 16.9. The molecule has 0 amide bonds. The molecule has 0 aromatic carbocycles. The minimum atomic E-state index is 0.507. The number of unbranched alkanes of at least 4 members (excludes halogenated alkanes) is 5. The van der Waals surface area contributed by atoms with Crippen LogP contribution in [0.25, 0.3) is 0 Å². The van der Waals surface area contributed by atoms with Crippen LogP contribution >= 0.6 is 0 Å². The summed E-state index contributed by atoms with van der Waals surface area (Å²) in [5, 5.41) is 0. The van der Waals surface area contributed by atoms with E-state index in [0.717, 1.165) is 6.61 Å². The molecule has 0 spiro atoms. The summed E-state index contributed by atoms with van der Waals surface area (Å²) in [6.45, 7) is 3.24. The summed E-state index contributed by atoms with van der Waals surface area (Å²) >= 11 is 0.